The second-order valence-corrected chi connectivity index (χ2v) is 7.06. The quantitative estimate of drug-likeness (QED) is 0.348. The molecule has 5 nitrogen and oxygen atoms in total. The average Bonchev–Trinajstić information content (AvgIpc) is 2.61. The topological polar surface area (TPSA) is 52.4 Å². The molecule has 162 valence electrons. The van der Waals surface area contributed by atoms with E-state index in [9.17, 15) is 13.2 Å². The van der Waals surface area contributed by atoms with E-state index in [0.717, 1.165) is 22.8 Å². The Balaban J connectivity index is 2.33. The summed E-state index contributed by atoms with van der Waals surface area (Å²) in [5.74, 6) is -0.565. The molecule has 30 heavy (non-hydrogen) atoms. The van der Waals surface area contributed by atoms with Crippen molar-refractivity contribution in [1.82, 2.24) is 0 Å². The lowest BCUT2D eigenvalue weighted by Crippen LogP contribution is -2.19. The van der Waals surface area contributed by atoms with E-state index in [4.69, 9.17) is 32.9 Å². The summed E-state index contributed by atoms with van der Waals surface area (Å²) < 4.78 is 42.3. The zero-order valence-electron chi connectivity index (χ0n) is 16.6. The van der Waals surface area contributed by atoms with Crippen molar-refractivity contribution in [3.05, 3.63) is 62.6 Å². The van der Waals surface area contributed by atoms with Crippen LogP contribution in [0.2, 0.25) is 10.0 Å². The first-order chi connectivity index (χ1) is 14.0. The molecule has 0 amide bonds. The Morgan fingerprint density at radius 1 is 1.07 bits per heavy atom. The van der Waals surface area contributed by atoms with E-state index in [1.807, 2.05) is 25.1 Å². The van der Waals surface area contributed by atoms with Crippen molar-refractivity contribution >= 4 is 34.6 Å². The molecule has 0 aliphatic carbocycles. The van der Waals surface area contributed by atoms with Crippen LogP contribution in [0.25, 0.3) is 0 Å². The first-order valence-electron chi connectivity index (χ1n) is 8.61. The molecule has 0 heterocycles. The largest absolute Gasteiger partial charge is 0.573 e. The Hall–Kier alpha value is -2.45. The summed E-state index contributed by atoms with van der Waals surface area (Å²) in [4.78, 5) is 10.2. The number of oxime groups is 2. The highest BCUT2D eigenvalue weighted by Gasteiger charge is 2.33. The van der Waals surface area contributed by atoms with E-state index < -0.39 is 12.1 Å². The van der Waals surface area contributed by atoms with E-state index in [-0.39, 0.29) is 27.9 Å². The lowest BCUT2D eigenvalue weighted by atomic mass is 10.00. The second kappa shape index (κ2) is 10.0. The Bertz CT molecular complexity index is 976. The number of benzene rings is 2. The van der Waals surface area contributed by atoms with E-state index in [1.54, 1.807) is 6.92 Å². The maximum Gasteiger partial charge on any atom is 0.573 e. The van der Waals surface area contributed by atoms with Crippen molar-refractivity contribution in [3.63, 3.8) is 0 Å². The number of halogens is 5. The number of aryl methyl sites for hydroxylation is 1. The molecule has 0 N–H and O–H groups in total. The normalized spacial score (nSPS) is 12.7. The van der Waals surface area contributed by atoms with Crippen molar-refractivity contribution < 1.29 is 27.6 Å². The Kier molecular flexibility index (Phi) is 7.97. The Morgan fingerprint density at radius 3 is 2.40 bits per heavy atom. The van der Waals surface area contributed by atoms with E-state index >= 15 is 0 Å². The molecule has 0 aromatic heterocycles. The van der Waals surface area contributed by atoms with Crippen molar-refractivity contribution in [2.24, 2.45) is 10.3 Å². The highest BCUT2D eigenvalue weighted by molar-refractivity contribution is 6.37. The molecular formula is C20H19Cl2F3N2O3. The van der Waals surface area contributed by atoms with Gasteiger partial charge in [-0.1, -0.05) is 51.7 Å². The van der Waals surface area contributed by atoms with Crippen LogP contribution in [-0.2, 0) is 16.3 Å². The summed E-state index contributed by atoms with van der Waals surface area (Å²) in [5, 5.41) is 7.80. The van der Waals surface area contributed by atoms with Gasteiger partial charge in [0.2, 0.25) is 0 Å². The Labute approximate surface area is 182 Å². The number of ether oxygens (including phenoxy) is 1. The SMILES string of the molecule is CO/N=C(/C)c1cccc(C)c1CO/N=C(\C)c1c(Cl)cc(Cl)cc1OC(F)(F)F. The van der Waals surface area contributed by atoms with Gasteiger partial charge in [-0.25, -0.2) is 0 Å². The predicted octanol–water partition coefficient (Wildman–Crippen LogP) is 6.51. The van der Waals surface area contributed by atoms with Crippen molar-refractivity contribution in [2.75, 3.05) is 7.11 Å². The lowest BCUT2D eigenvalue weighted by Gasteiger charge is -2.15. The van der Waals surface area contributed by atoms with Gasteiger partial charge < -0.3 is 14.4 Å². The number of rotatable bonds is 7. The Morgan fingerprint density at radius 2 is 1.77 bits per heavy atom. The molecule has 2 rings (SSSR count). The third kappa shape index (κ3) is 6.27. The van der Waals surface area contributed by atoms with Crippen molar-refractivity contribution in [3.8, 4) is 5.75 Å². The van der Waals surface area contributed by atoms with Crippen LogP contribution in [0.4, 0.5) is 13.2 Å². The maximum absolute atomic E-state index is 12.7. The summed E-state index contributed by atoms with van der Waals surface area (Å²) >= 11 is 11.9. The van der Waals surface area contributed by atoms with Crippen LogP contribution in [0, 0.1) is 6.92 Å². The molecule has 0 aliphatic rings. The van der Waals surface area contributed by atoms with Gasteiger partial charge >= 0.3 is 6.36 Å². The molecule has 0 radical (unpaired) electrons. The summed E-state index contributed by atoms with van der Waals surface area (Å²) in [6, 6.07) is 7.92. The molecular weight excluding hydrogens is 444 g/mol. The van der Waals surface area contributed by atoms with Crippen LogP contribution in [0.3, 0.4) is 0 Å². The highest BCUT2D eigenvalue weighted by Crippen LogP contribution is 2.35. The summed E-state index contributed by atoms with van der Waals surface area (Å²) in [6.07, 6.45) is -4.92. The number of alkyl halides is 3. The van der Waals surface area contributed by atoms with Gasteiger partial charge in [0, 0.05) is 16.1 Å². The van der Waals surface area contributed by atoms with Gasteiger partial charge in [0.05, 0.1) is 22.0 Å². The van der Waals surface area contributed by atoms with Crippen LogP contribution in [-0.4, -0.2) is 24.9 Å². The number of nitrogens with zero attached hydrogens (tertiary/aromatic N) is 2. The van der Waals surface area contributed by atoms with Gasteiger partial charge in [-0.05, 0) is 38.5 Å². The zero-order chi connectivity index (χ0) is 22.5. The van der Waals surface area contributed by atoms with Crippen molar-refractivity contribution in [1.29, 1.82) is 0 Å². The van der Waals surface area contributed by atoms with E-state index in [1.165, 1.54) is 20.1 Å². The standard InChI is InChI=1S/C20H19Cl2F3N2O3/c1-11-6-5-7-15(12(2)26-28-4)16(11)10-29-27-13(3)19-17(22)8-14(21)9-18(19)30-20(23,24)25/h5-9H,10H2,1-4H3/b26-12-,27-13+. The van der Waals surface area contributed by atoms with E-state index in [0.29, 0.717) is 5.71 Å². The first-order valence-corrected chi connectivity index (χ1v) is 9.37. The zero-order valence-corrected chi connectivity index (χ0v) is 18.1. The van der Waals surface area contributed by atoms with Crippen LogP contribution in [0.1, 0.15) is 36.1 Å². The van der Waals surface area contributed by atoms with Crippen LogP contribution >= 0.6 is 23.2 Å². The molecule has 0 saturated carbocycles. The molecule has 0 fully saturated rings. The molecule has 0 spiro atoms. The fourth-order valence-electron chi connectivity index (χ4n) is 2.76. The molecule has 0 unspecified atom stereocenters. The molecule has 10 heteroatoms. The minimum Gasteiger partial charge on any atom is -0.405 e. The van der Waals surface area contributed by atoms with Crippen LogP contribution in [0.15, 0.2) is 40.6 Å². The third-order valence-corrected chi connectivity index (χ3v) is 4.56. The van der Waals surface area contributed by atoms with Gasteiger partial charge in [-0.2, -0.15) is 0 Å². The first kappa shape index (κ1) is 23.8. The molecule has 0 bridgehead atoms. The molecule has 2 aromatic rings. The van der Waals surface area contributed by atoms with Gasteiger partial charge in [0.15, 0.2) is 0 Å². The van der Waals surface area contributed by atoms with E-state index in [2.05, 4.69) is 15.0 Å². The lowest BCUT2D eigenvalue weighted by molar-refractivity contribution is -0.274. The summed E-state index contributed by atoms with van der Waals surface area (Å²) in [7, 11) is 1.44. The van der Waals surface area contributed by atoms with Gasteiger partial charge in [0.25, 0.3) is 0 Å². The number of hydrogen-bond acceptors (Lipinski definition) is 5. The van der Waals surface area contributed by atoms with Crippen LogP contribution in [0.5, 0.6) is 5.75 Å². The minimum absolute atomic E-state index is 0.00539. The molecule has 0 saturated heterocycles. The number of hydrogen-bond donors (Lipinski definition) is 0. The van der Waals surface area contributed by atoms with Gasteiger partial charge in [0.1, 0.15) is 19.5 Å². The van der Waals surface area contributed by atoms with Gasteiger partial charge in [-0.3, -0.25) is 0 Å². The predicted molar refractivity (Wildman–Crippen MR) is 111 cm³/mol. The van der Waals surface area contributed by atoms with Crippen molar-refractivity contribution in [2.45, 2.75) is 33.7 Å². The summed E-state index contributed by atoms with van der Waals surface area (Å²) in [5.41, 5.74) is 3.20. The highest BCUT2D eigenvalue weighted by atomic mass is 35.5. The second-order valence-electron chi connectivity index (χ2n) is 6.22. The minimum atomic E-state index is -4.92. The fraction of sp³-hybridized carbons (Fsp3) is 0.300. The molecule has 0 atom stereocenters. The van der Waals surface area contributed by atoms with Crippen LogP contribution < -0.4 is 4.74 Å². The fourth-order valence-corrected chi connectivity index (χ4v) is 3.38. The maximum atomic E-state index is 12.7. The average molecular weight is 463 g/mol. The smallest absolute Gasteiger partial charge is 0.405 e. The summed E-state index contributed by atoms with van der Waals surface area (Å²) in [6.45, 7) is 5.18. The van der Waals surface area contributed by atoms with Gasteiger partial charge in [-0.15, -0.1) is 13.2 Å². The molecule has 0 aliphatic heterocycles. The monoisotopic (exact) mass is 462 g/mol. The third-order valence-electron chi connectivity index (χ3n) is 4.04. The molecule has 2 aromatic carbocycles.